The third-order valence-electron chi connectivity index (χ3n) is 5.96. The number of carbonyl (C=O) groups is 3. The molecule has 1 N–H and O–H groups in total. The van der Waals surface area contributed by atoms with Crippen LogP contribution in [0.2, 0.25) is 0 Å². The van der Waals surface area contributed by atoms with Crippen LogP contribution >= 0.6 is 0 Å². The normalized spacial score (nSPS) is 12.6. The maximum Gasteiger partial charge on any atom is 0.416 e. The number of benzene rings is 2. The number of hydrogen-bond acceptors (Lipinski definition) is 8. The van der Waals surface area contributed by atoms with Gasteiger partial charge < -0.3 is 19.6 Å². The number of hydrogen-bond donors (Lipinski definition) is 1. The molecule has 0 bridgehead atoms. The van der Waals surface area contributed by atoms with Crippen molar-refractivity contribution in [2.75, 3.05) is 14.2 Å². The van der Waals surface area contributed by atoms with E-state index in [1.807, 2.05) is 0 Å². The number of methoxy groups -OCH3 is 1. The fourth-order valence-corrected chi connectivity index (χ4v) is 3.91. The van der Waals surface area contributed by atoms with E-state index in [1.165, 1.54) is 33.3 Å². The second-order valence-electron chi connectivity index (χ2n) is 9.08. The van der Waals surface area contributed by atoms with Gasteiger partial charge in [0.1, 0.15) is 6.04 Å². The predicted molar refractivity (Wildman–Crippen MR) is 138 cm³/mol. The Labute approximate surface area is 241 Å². The standard InChI is InChI=1S/C28H25F6N3O6/c1-15(36-25(39)22-24(42-16(2)38)21(41-4)13-14-35-22)26(40)43-37(3)23(17-5-9-19(10-6-17)27(29,30)31)18-7-11-20(12-8-18)28(32,33)34/h5-15,23H,1-4H3,(H,36,39). The van der Waals surface area contributed by atoms with Crippen LogP contribution in [0.1, 0.15) is 52.6 Å². The maximum atomic E-state index is 13.1. The lowest BCUT2D eigenvalue weighted by Gasteiger charge is -2.29. The van der Waals surface area contributed by atoms with Crippen molar-refractivity contribution < 1.29 is 55.0 Å². The van der Waals surface area contributed by atoms with E-state index in [4.69, 9.17) is 14.3 Å². The fraction of sp³-hybridized carbons (Fsp3) is 0.286. The Hall–Kier alpha value is -4.66. The lowest BCUT2D eigenvalue weighted by atomic mass is 9.96. The molecule has 230 valence electrons. The number of nitrogens with zero attached hydrogens (tertiary/aromatic N) is 2. The summed E-state index contributed by atoms with van der Waals surface area (Å²) in [6, 6.07) is 6.39. The summed E-state index contributed by atoms with van der Waals surface area (Å²) >= 11 is 0. The number of carbonyl (C=O) groups excluding carboxylic acids is 3. The molecule has 0 spiro atoms. The Morgan fingerprint density at radius 2 is 1.35 bits per heavy atom. The first-order valence-corrected chi connectivity index (χ1v) is 12.3. The maximum absolute atomic E-state index is 13.1. The monoisotopic (exact) mass is 613 g/mol. The van der Waals surface area contributed by atoms with Crippen LogP contribution in [0.25, 0.3) is 0 Å². The minimum absolute atomic E-state index is 0.0150. The molecular weight excluding hydrogens is 588 g/mol. The van der Waals surface area contributed by atoms with Crippen molar-refractivity contribution in [3.63, 3.8) is 0 Å². The summed E-state index contributed by atoms with van der Waals surface area (Å²) in [7, 11) is 2.51. The molecule has 3 rings (SSSR count). The van der Waals surface area contributed by atoms with Gasteiger partial charge in [0.15, 0.2) is 11.4 Å². The number of esters is 1. The molecule has 0 radical (unpaired) electrons. The Bertz CT molecular complexity index is 1400. The topological polar surface area (TPSA) is 107 Å². The number of hydroxylamine groups is 2. The van der Waals surface area contributed by atoms with Gasteiger partial charge in [0.05, 0.1) is 24.3 Å². The molecule has 0 saturated heterocycles. The Morgan fingerprint density at radius 1 is 0.860 bits per heavy atom. The van der Waals surface area contributed by atoms with Crippen LogP contribution < -0.4 is 14.8 Å². The van der Waals surface area contributed by atoms with Crippen molar-refractivity contribution in [1.29, 1.82) is 0 Å². The molecule has 0 saturated carbocycles. The van der Waals surface area contributed by atoms with Gasteiger partial charge in [0, 0.05) is 26.2 Å². The lowest BCUT2D eigenvalue weighted by Crippen LogP contribution is -2.43. The Balaban J connectivity index is 1.86. The van der Waals surface area contributed by atoms with Gasteiger partial charge in [0.25, 0.3) is 5.91 Å². The van der Waals surface area contributed by atoms with Gasteiger partial charge in [-0.3, -0.25) is 9.59 Å². The van der Waals surface area contributed by atoms with Crippen molar-refractivity contribution in [3.05, 3.63) is 88.7 Å². The summed E-state index contributed by atoms with van der Waals surface area (Å²) in [6.07, 6.45) is -8.07. The summed E-state index contributed by atoms with van der Waals surface area (Å²) in [5, 5.41) is 3.27. The van der Waals surface area contributed by atoms with Gasteiger partial charge in [-0.05, 0) is 42.3 Å². The highest BCUT2D eigenvalue weighted by Crippen LogP contribution is 2.35. The molecule has 9 nitrogen and oxygen atoms in total. The minimum Gasteiger partial charge on any atom is -0.493 e. The first kappa shape index (κ1) is 32.8. The average Bonchev–Trinajstić information content (AvgIpc) is 2.92. The molecule has 3 aromatic rings. The molecule has 1 atom stereocenters. The van der Waals surface area contributed by atoms with E-state index in [0.717, 1.165) is 60.5 Å². The zero-order chi connectivity index (χ0) is 32.1. The fourth-order valence-electron chi connectivity index (χ4n) is 3.91. The molecule has 1 unspecified atom stereocenters. The first-order valence-electron chi connectivity index (χ1n) is 12.3. The molecule has 1 heterocycles. The summed E-state index contributed by atoms with van der Waals surface area (Å²) in [5.74, 6) is -3.04. The SMILES string of the molecule is COc1ccnc(C(=O)NC(C)C(=O)ON(C)C(c2ccc(C(F)(F)F)cc2)c2ccc(C(F)(F)F)cc2)c1OC(C)=O. The molecule has 0 aliphatic rings. The van der Waals surface area contributed by atoms with E-state index < -0.39 is 53.4 Å². The van der Waals surface area contributed by atoms with E-state index >= 15 is 0 Å². The largest absolute Gasteiger partial charge is 0.493 e. The Kier molecular flexibility index (Phi) is 10.0. The van der Waals surface area contributed by atoms with E-state index in [9.17, 15) is 40.7 Å². The summed E-state index contributed by atoms with van der Waals surface area (Å²) in [6.45, 7) is 2.35. The number of halogens is 6. The lowest BCUT2D eigenvalue weighted by molar-refractivity contribution is -0.193. The van der Waals surface area contributed by atoms with Gasteiger partial charge in [-0.15, -0.1) is 5.06 Å². The second kappa shape index (κ2) is 13.1. The first-order chi connectivity index (χ1) is 20.0. The van der Waals surface area contributed by atoms with Crippen LogP contribution in [-0.2, 0) is 26.8 Å². The predicted octanol–water partition coefficient (Wildman–Crippen LogP) is 5.35. The van der Waals surface area contributed by atoms with E-state index in [-0.39, 0.29) is 28.3 Å². The smallest absolute Gasteiger partial charge is 0.416 e. The number of ether oxygens (including phenoxy) is 2. The van der Waals surface area contributed by atoms with Crippen molar-refractivity contribution in [2.45, 2.75) is 38.3 Å². The third kappa shape index (κ3) is 8.22. The van der Waals surface area contributed by atoms with Gasteiger partial charge in [0.2, 0.25) is 5.75 Å². The molecular formula is C28H25F6N3O6. The van der Waals surface area contributed by atoms with Crippen molar-refractivity contribution >= 4 is 17.8 Å². The number of rotatable bonds is 9. The molecule has 1 aromatic heterocycles. The molecule has 43 heavy (non-hydrogen) atoms. The zero-order valence-electron chi connectivity index (χ0n) is 23.0. The van der Waals surface area contributed by atoms with Crippen LogP contribution in [0.5, 0.6) is 11.5 Å². The Morgan fingerprint density at radius 3 is 1.77 bits per heavy atom. The average molecular weight is 614 g/mol. The molecule has 1 amide bonds. The van der Waals surface area contributed by atoms with Gasteiger partial charge in [-0.25, -0.2) is 9.78 Å². The number of nitrogens with one attached hydrogen (secondary N) is 1. The van der Waals surface area contributed by atoms with Crippen molar-refractivity contribution in [3.8, 4) is 11.5 Å². The number of aromatic nitrogens is 1. The van der Waals surface area contributed by atoms with Crippen LogP contribution in [0.3, 0.4) is 0 Å². The molecule has 2 aromatic carbocycles. The number of pyridine rings is 1. The zero-order valence-corrected chi connectivity index (χ0v) is 23.0. The van der Waals surface area contributed by atoms with Crippen LogP contribution in [0.4, 0.5) is 26.3 Å². The number of alkyl halides is 6. The van der Waals surface area contributed by atoms with Gasteiger partial charge in [-0.2, -0.15) is 26.3 Å². The summed E-state index contributed by atoms with van der Waals surface area (Å²) in [5.41, 5.74) is -1.98. The van der Waals surface area contributed by atoms with E-state index in [0.29, 0.717) is 0 Å². The summed E-state index contributed by atoms with van der Waals surface area (Å²) in [4.78, 5) is 46.6. The molecule has 15 heteroatoms. The van der Waals surface area contributed by atoms with Crippen LogP contribution in [0, 0.1) is 0 Å². The highest BCUT2D eigenvalue weighted by atomic mass is 19.4. The van der Waals surface area contributed by atoms with Crippen molar-refractivity contribution in [1.82, 2.24) is 15.4 Å². The van der Waals surface area contributed by atoms with Gasteiger partial charge in [-0.1, -0.05) is 24.3 Å². The van der Waals surface area contributed by atoms with E-state index in [1.54, 1.807) is 0 Å². The molecule has 0 fully saturated rings. The third-order valence-corrected chi connectivity index (χ3v) is 5.96. The van der Waals surface area contributed by atoms with Crippen LogP contribution in [0.15, 0.2) is 60.8 Å². The number of amides is 1. The second-order valence-corrected chi connectivity index (χ2v) is 9.08. The highest BCUT2D eigenvalue weighted by molar-refractivity contribution is 5.98. The van der Waals surface area contributed by atoms with E-state index in [2.05, 4.69) is 10.3 Å². The molecule has 0 aliphatic carbocycles. The van der Waals surface area contributed by atoms with Gasteiger partial charge >= 0.3 is 24.3 Å². The quantitative estimate of drug-likeness (QED) is 0.196. The summed E-state index contributed by atoms with van der Waals surface area (Å²) < 4.78 is 88.8. The minimum atomic E-state index is -4.64. The van der Waals surface area contributed by atoms with Crippen LogP contribution in [-0.4, -0.2) is 48.1 Å². The highest BCUT2D eigenvalue weighted by Gasteiger charge is 2.33. The van der Waals surface area contributed by atoms with Crippen molar-refractivity contribution in [2.24, 2.45) is 0 Å². The molecule has 0 aliphatic heterocycles.